The normalized spacial score (nSPS) is 11.7. The van der Waals surface area contributed by atoms with Crippen LogP contribution in [0.5, 0.6) is 0 Å². The van der Waals surface area contributed by atoms with Crippen molar-refractivity contribution in [1.29, 1.82) is 0 Å². The number of aliphatic hydroxyl groups is 2. The predicted molar refractivity (Wildman–Crippen MR) is 57.4 cm³/mol. The zero-order valence-corrected chi connectivity index (χ0v) is 9.41. The molecular weight excluding hydrogens is 196 g/mol. The molecule has 0 unspecified atom stereocenters. The second kappa shape index (κ2) is 7.65. The van der Waals surface area contributed by atoms with Crippen molar-refractivity contribution in [2.45, 2.75) is 64.1 Å². The van der Waals surface area contributed by atoms with Crippen molar-refractivity contribution in [3.05, 3.63) is 0 Å². The Morgan fingerprint density at radius 3 is 2.13 bits per heavy atom. The van der Waals surface area contributed by atoms with Crippen LogP contribution in [0.15, 0.2) is 0 Å². The summed E-state index contributed by atoms with van der Waals surface area (Å²) in [7, 11) is 0. The van der Waals surface area contributed by atoms with Gasteiger partial charge in [0.25, 0.3) is 0 Å². The minimum absolute atomic E-state index is 0.144. The van der Waals surface area contributed by atoms with E-state index < -0.39 is 18.2 Å². The van der Waals surface area contributed by atoms with Gasteiger partial charge in [-0.1, -0.05) is 39.0 Å². The average Bonchev–Trinajstić information content (AvgIpc) is 2.08. The van der Waals surface area contributed by atoms with Crippen molar-refractivity contribution in [3.63, 3.8) is 0 Å². The molecule has 0 aromatic rings. The Kier molecular flexibility index (Phi) is 7.34. The molecule has 0 rings (SSSR count). The van der Waals surface area contributed by atoms with Gasteiger partial charge in [0.2, 0.25) is 0 Å². The van der Waals surface area contributed by atoms with Gasteiger partial charge in [-0.05, 0) is 6.42 Å². The van der Waals surface area contributed by atoms with Crippen LogP contribution in [-0.4, -0.2) is 27.1 Å². The standard InChI is InChI=1S/C11H22O4/c1-2-3-4-5-6-7-8-11(14,15)9-10(12)13/h14-15H,2-9H2,1H3,(H,12,13). The highest BCUT2D eigenvalue weighted by Gasteiger charge is 2.25. The summed E-state index contributed by atoms with van der Waals surface area (Å²) in [6, 6.07) is 0. The quantitative estimate of drug-likeness (QED) is 0.408. The molecule has 0 aromatic heterocycles. The van der Waals surface area contributed by atoms with E-state index in [0.717, 1.165) is 12.8 Å². The maximum atomic E-state index is 10.3. The minimum Gasteiger partial charge on any atom is -0.481 e. The zero-order chi connectivity index (χ0) is 11.7. The third-order valence-corrected chi connectivity index (χ3v) is 2.37. The molecule has 0 fully saturated rings. The number of rotatable bonds is 9. The fourth-order valence-corrected chi connectivity index (χ4v) is 1.52. The number of hydrogen-bond donors (Lipinski definition) is 3. The first-order valence-corrected chi connectivity index (χ1v) is 5.64. The Morgan fingerprint density at radius 1 is 1.07 bits per heavy atom. The van der Waals surface area contributed by atoms with Gasteiger partial charge in [0, 0.05) is 6.42 Å². The summed E-state index contributed by atoms with van der Waals surface area (Å²) in [4.78, 5) is 10.3. The fourth-order valence-electron chi connectivity index (χ4n) is 1.52. The van der Waals surface area contributed by atoms with E-state index in [1.165, 1.54) is 19.3 Å². The third kappa shape index (κ3) is 9.69. The highest BCUT2D eigenvalue weighted by molar-refractivity contribution is 5.67. The summed E-state index contributed by atoms with van der Waals surface area (Å²) < 4.78 is 0. The molecule has 0 bridgehead atoms. The van der Waals surface area contributed by atoms with E-state index in [2.05, 4.69) is 6.92 Å². The van der Waals surface area contributed by atoms with Crippen molar-refractivity contribution in [3.8, 4) is 0 Å². The van der Waals surface area contributed by atoms with Crippen molar-refractivity contribution in [2.24, 2.45) is 0 Å². The van der Waals surface area contributed by atoms with Crippen LogP contribution >= 0.6 is 0 Å². The molecule has 0 radical (unpaired) electrons. The SMILES string of the molecule is CCCCCCCCC(O)(O)CC(=O)O. The van der Waals surface area contributed by atoms with Gasteiger partial charge in [-0.3, -0.25) is 4.79 Å². The van der Waals surface area contributed by atoms with Gasteiger partial charge < -0.3 is 15.3 Å². The predicted octanol–water partition coefficient (Wildman–Crippen LogP) is 1.89. The Morgan fingerprint density at radius 2 is 1.60 bits per heavy atom. The highest BCUT2D eigenvalue weighted by atomic mass is 16.5. The number of hydrogen-bond acceptors (Lipinski definition) is 3. The van der Waals surface area contributed by atoms with E-state index >= 15 is 0 Å². The van der Waals surface area contributed by atoms with E-state index in [0.29, 0.717) is 6.42 Å². The summed E-state index contributed by atoms with van der Waals surface area (Å²) in [6.45, 7) is 2.14. The lowest BCUT2D eigenvalue weighted by atomic mass is 10.0. The largest absolute Gasteiger partial charge is 0.481 e. The second-order valence-corrected chi connectivity index (χ2v) is 4.07. The van der Waals surface area contributed by atoms with Gasteiger partial charge in [0.05, 0.1) is 6.42 Å². The molecular formula is C11H22O4. The van der Waals surface area contributed by atoms with Crippen LogP contribution in [0.4, 0.5) is 0 Å². The van der Waals surface area contributed by atoms with E-state index in [-0.39, 0.29) is 6.42 Å². The summed E-state index contributed by atoms with van der Waals surface area (Å²) in [5, 5.41) is 26.9. The Hall–Kier alpha value is -0.610. The molecule has 0 aliphatic carbocycles. The minimum atomic E-state index is -2.03. The molecule has 0 aromatic carbocycles. The van der Waals surface area contributed by atoms with E-state index in [1.54, 1.807) is 0 Å². The molecule has 90 valence electrons. The maximum absolute atomic E-state index is 10.3. The summed E-state index contributed by atoms with van der Waals surface area (Å²) in [5.74, 6) is -3.21. The molecule has 4 nitrogen and oxygen atoms in total. The van der Waals surface area contributed by atoms with Crippen LogP contribution in [0.1, 0.15) is 58.3 Å². The molecule has 0 aliphatic heterocycles. The smallest absolute Gasteiger partial charge is 0.308 e. The van der Waals surface area contributed by atoms with E-state index in [9.17, 15) is 15.0 Å². The molecule has 15 heavy (non-hydrogen) atoms. The molecule has 4 heteroatoms. The number of aliphatic carboxylic acids is 1. The lowest BCUT2D eigenvalue weighted by molar-refractivity contribution is -0.184. The Balaban J connectivity index is 3.44. The van der Waals surface area contributed by atoms with Crippen molar-refractivity contribution < 1.29 is 20.1 Å². The van der Waals surface area contributed by atoms with Crippen LogP contribution in [0.25, 0.3) is 0 Å². The number of carboxylic acids is 1. The van der Waals surface area contributed by atoms with Crippen molar-refractivity contribution in [1.82, 2.24) is 0 Å². The molecule has 0 aliphatic rings. The van der Waals surface area contributed by atoms with Crippen molar-refractivity contribution >= 4 is 5.97 Å². The molecule has 0 atom stereocenters. The van der Waals surface area contributed by atoms with Gasteiger partial charge in [0.15, 0.2) is 5.79 Å². The molecule has 0 saturated carbocycles. The number of carboxylic acid groups (broad SMARTS) is 1. The summed E-state index contributed by atoms with van der Waals surface area (Å²) >= 11 is 0. The van der Waals surface area contributed by atoms with Crippen LogP contribution < -0.4 is 0 Å². The average molecular weight is 218 g/mol. The first kappa shape index (κ1) is 14.4. The van der Waals surface area contributed by atoms with Gasteiger partial charge in [-0.25, -0.2) is 0 Å². The first-order chi connectivity index (χ1) is 6.98. The Labute approximate surface area is 90.9 Å². The molecule has 0 amide bonds. The monoisotopic (exact) mass is 218 g/mol. The molecule has 0 spiro atoms. The second-order valence-electron chi connectivity index (χ2n) is 4.07. The van der Waals surface area contributed by atoms with Gasteiger partial charge in [-0.2, -0.15) is 0 Å². The molecule has 3 N–H and O–H groups in total. The first-order valence-electron chi connectivity index (χ1n) is 5.64. The van der Waals surface area contributed by atoms with Gasteiger partial charge >= 0.3 is 5.97 Å². The van der Waals surface area contributed by atoms with Crippen LogP contribution in [0.3, 0.4) is 0 Å². The number of carbonyl (C=O) groups is 1. The zero-order valence-electron chi connectivity index (χ0n) is 9.41. The highest BCUT2D eigenvalue weighted by Crippen LogP contribution is 2.16. The van der Waals surface area contributed by atoms with Gasteiger partial charge in [-0.15, -0.1) is 0 Å². The Bertz CT molecular complexity index is 177. The fraction of sp³-hybridized carbons (Fsp3) is 0.909. The maximum Gasteiger partial charge on any atom is 0.308 e. The van der Waals surface area contributed by atoms with E-state index in [4.69, 9.17) is 5.11 Å². The molecule has 0 saturated heterocycles. The van der Waals surface area contributed by atoms with Gasteiger partial charge in [0.1, 0.15) is 0 Å². The number of unbranched alkanes of at least 4 members (excludes halogenated alkanes) is 5. The van der Waals surface area contributed by atoms with E-state index in [1.807, 2.05) is 0 Å². The van der Waals surface area contributed by atoms with Crippen LogP contribution in [0, 0.1) is 0 Å². The third-order valence-electron chi connectivity index (χ3n) is 2.37. The lowest BCUT2D eigenvalue weighted by Crippen LogP contribution is -2.31. The van der Waals surface area contributed by atoms with Crippen LogP contribution in [-0.2, 0) is 4.79 Å². The van der Waals surface area contributed by atoms with Crippen molar-refractivity contribution in [2.75, 3.05) is 0 Å². The summed E-state index contributed by atoms with van der Waals surface area (Å²) in [5.41, 5.74) is 0. The summed E-state index contributed by atoms with van der Waals surface area (Å²) in [6.07, 6.45) is 5.79. The van der Waals surface area contributed by atoms with Crippen LogP contribution in [0.2, 0.25) is 0 Å². The molecule has 0 heterocycles. The lowest BCUT2D eigenvalue weighted by Gasteiger charge is -2.19. The topological polar surface area (TPSA) is 77.8 Å².